The summed E-state index contributed by atoms with van der Waals surface area (Å²) >= 11 is 1.47. The van der Waals surface area contributed by atoms with Crippen LogP contribution < -0.4 is 10.6 Å². The Kier molecular flexibility index (Phi) is 7.88. The summed E-state index contributed by atoms with van der Waals surface area (Å²) < 4.78 is 4.96. The van der Waals surface area contributed by atoms with Crippen LogP contribution in [0.15, 0.2) is 66.1 Å². The van der Waals surface area contributed by atoms with E-state index in [1.165, 1.54) is 23.5 Å². The van der Waals surface area contributed by atoms with Crippen LogP contribution in [0.1, 0.15) is 39.6 Å². The highest BCUT2D eigenvalue weighted by atomic mass is 32.1. The summed E-state index contributed by atoms with van der Waals surface area (Å²) in [6, 6.07) is 16.0. The van der Waals surface area contributed by atoms with Gasteiger partial charge in [0.05, 0.1) is 28.0 Å². The fourth-order valence-electron chi connectivity index (χ4n) is 2.87. The topological polar surface area (TPSA) is 97.4 Å². The summed E-state index contributed by atoms with van der Waals surface area (Å²) in [7, 11) is 0. The van der Waals surface area contributed by atoms with Crippen LogP contribution in [0.4, 0.5) is 5.69 Å². The third kappa shape index (κ3) is 6.61. The highest BCUT2D eigenvalue weighted by Gasteiger charge is 2.16. The average Bonchev–Trinajstić information content (AvgIpc) is 3.22. The molecule has 0 spiro atoms. The SMILES string of the molecule is Cc1nc(/C=C/C(=O)OCC(=O)Nc2ccccc2C(=O)NC(C)c2ccccc2)cs1. The number of amides is 2. The van der Waals surface area contributed by atoms with Crippen LogP contribution in [0.2, 0.25) is 0 Å². The number of anilines is 1. The second-order valence-electron chi connectivity index (χ2n) is 6.93. The third-order valence-electron chi connectivity index (χ3n) is 4.47. The van der Waals surface area contributed by atoms with Gasteiger partial charge in [0.2, 0.25) is 0 Å². The van der Waals surface area contributed by atoms with Crippen molar-refractivity contribution in [1.82, 2.24) is 10.3 Å². The van der Waals surface area contributed by atoms with Crippen molar-refractivity contribution in [2.45, 2.75) is 19.9 Å². The molecule has 1 unspecified atom stereocenters. The van der Waals surface area contributed by atoms with Gasteiger partial charge in [-0.25, -0.2) is 9.78 Å². The van der Waals surface area contributed by atoms with Gasteiger partial charge in [-0.1, -0.05) is 42.5 Å². The van der Waals surface area contributed by atoms with Gasteiger partial charge in [0, 0.05) is 11.5 Å². The Hall–Kier alpha value is -3.78. The van der Waals surface area contributed by atoms with E-state index in [1.807, 2.05) is 49.6 Å². The fourth-order valence-corrected chi connectivity index (χ4v) is 3.45. The largest absolute Gasteiger partial charge is 0.452 e. The number of thiazole rings is 1. The lowest BCUT2D eigenvalue weighted by Gasteiger charge is -2.16. The van der Waals surface area contributed by atoms with Crippen molar-refractivity contribution < 1.29 is 19.1 Å². The molecule has 32 heavy (non-hydrogen) atoms. The van der Waals surface area contributed by atoms with Gasteiger partial charge < -0.3 is 15.4 Å². The van der Waals surface area contributed by atoms with Gasteiger partial charge >= 0.3 is 5.97 Å². The smallest absolute Gasteiger partial charge is 0.331 e. The zero-order valence-corrected chi connectivity index (χ0v) is 18.5. The van der Waals surface area contributed by atoms with Crippen LogP contribution in [0.5, 0.6) is 0 Å². The molecule has 0 saturated carbocycles. The summed E-state index contributed by atoms with van der Waals surface area (Å²) in [4.78, 5) is 41.1. The number of hydrogen-bond donors (Lipinski definition) is 2. The monoisotopic (exact) mass is 449 g/mol. The molecule has 1 heterocycles. The molecule has 164 valence electrons. The molecule has 1 aromatic heterocycles. The summed E-state index contributed by atoms with van der Waals surface area (Å²) in [5.74, 6) is -1.53. The van der Waals surface area contributed by atoms with Crippen molar-refractivity contribution in [1.29, 1.82) is 0 Å². The second kappa shape index (κ2) is 11.0. The molecule has 3 rings (SSSR count). The summed E-state index contributed by atoms with van der Waals surface area (Å²) in [6.07, 6.45) is 2.74. The maximum atomic E-state index is 12.8. The first-order valence-electron chi connectivity index (χ1n) is 9.94. The quantitative estimate of drug-likeness (QED) is 0.398. The number of carbonyl (C=O) groups excluding carboxylic acids is 3. The molecular formula is C24H23N3O4S. The lowest BCUT2D eigenvalue weighted by molar-refractivity contribution is -0.142. The molecule has 0 aliphatic rings. The van der Waals surface area contributed by atoms with Crippen molar-refractivity contribution >= 4 is 40.9 Å². The number of benzene rings is 2. The Labute approximate surface area is 190 Å². The molecule has 0 aliphatic carbocycles. The summed E-state index contributed by atoms with van der Waals surface area (Å²) in [5, 5.41) is 8.24. The number of hydrogen-bond acceptors (Lipinski definition) is 6. The van der Waals surface area contributed by atoms with Crippen LogP contribution in [0.25, 0.3) is 6.08 Å². The van der Waals surface area contributed by atoms with Gasteiger partial charge in [0.15, 0.2) is 6.61 Å². The van der Waals surface area contributed by atoms with Crippen LogP contribution >= 0.6 is 11.3 Å². The van der Waals surface area contributed by atoms with Crippen molar-refractivity contribution in [3.05, 3.63) is 87.9 Å². The summed E-state index contributed by atoms with van der Waals surface area (Å²) in [5.41, 5.74) is 2.27. The standard InChI is InChI=1S/C24H23N3O4S/c1-16(18-8-4-3-5-9-18)25-24(30)20-10-6-7-11-21(20)27-22(28)14-31-23(29)13-12-19-15-32-17(2)26-19/h3-13,15-16H,14H2,1-2H3,(H,25,30)(H,27,28)/b13-12+. The molecule has 0 radical (unpaired) electrons. The lowest BCUT2D eigenvalue weighted by atomic mass is 10.1. The van der Waals surface area contributed by atoms with Crippen molar-refractivity contribution in [3.8, 4) is 0 Å². The zero-order valence-electron chi connectivity index (χ0n) is 17.7. The van der Waals surface area contributed by atoms with E-state index in [-0.39, 0.29) is 11.9 Å². The van der Waals surface area contributed by atoms with E-state index in [9.17, 15) is 14.4 Å². The van der Waals surface area contributed by atoms with E-state index < -0.39 is 18.5 Å². The van der Waals surface area contributed by atoms with E-state index in [4.69, 9.17) is 4.74 Å². The number of aromatic nitrogens is 1. The second-order valence-corrected chi connectivity index (χ2v) is 7.99. The van der Waals surface area contributed by atoms with E-state index in [1.54, 1.807) is 24.3 Å². The molecule has 2 aromatic carbocycles. The molecule has 7 nitrogen and oxygen atoms in total. The maximum absolute atomic E-state index is 12.8. The minimum Gasteiger partial charge on any atom is -0.452 e. The lowest BCUT2D eigenvalue weighted by Crippen LogP contribution is -2.28. The van der Waals surface area contributed by atoms with Gasteiger partial charge in [0.1, 0.15) is 0 Å². The van der Waals surface area contributed by atoms with Crippen LogP contribution in [0, 0.1) is 6.92 Å². The summed E-state index contributed by atoms with van der Waals surface area (Å²) in [6.45, 7) is 3.27. The number of aryl methyl sites for hydroxylation is 1. The molecule has 0 saturated heterocycles. The molecule has 2 amide bonds. The van der Waals surface area contributed by atoms with E-state index in [0.717, 1.165) is 10.6 Å². The van der Waals surface area contributed by atoms with Gasteiger partial charge in [0.25, 0.3) is 11.8 Å². The predicted octanol–water partition coefficient (Wildman–Crippen LogP) is 4.14. The van der Waals surface area contributed by atoms with Crippen molar-refractivity contribution in [2.75, 3.05) is 11.9 Å². The van der Waals surface area contributed by atoms with E-state index in [2.05, 4.69) is 15.6 Å². The van der Waals surface area contributed by atoms with Crippen LogP contribution in [-0.4, -0.2) is 29.4 Å². The molecule has 8 heteroatoms. The Morgan fingerprint density at radius 3 is 2.53 bits per heavy atom. The highest BCUT2D eigenvalue weighted by molar-refractivity contribution is 7.09. The third-order valence-corrected chi connectivity index (χ3v) is 5.26. The fraction of sp³-hybridized carbons (Fsp3) is 0.167. The van der Waals surface area contributed by atoms with Gasteiger partial charge in [-0.2, -0.15) is 0 Å². The molecule has 0 bridgehead atoms. The normalized spacial score (nSPS) is 11.7. The number of rotatable bonds is 8. The molecule has 3 aromatic rings. The molecule has 0 fully saturated rings. The van der Waals surface area contributed by atoms with Crippen molar-refractivity contribution in [3.63, 3.8) is 0 Å². The Morgan fingerprint density at radius 1 is 1.09 bits per heavy atom. The van der Waals surface area contributed by atoms with Gasteiger partial charge in [-0.05, 0) is 37.6 Å². The average molecular weight is 450 g/mol. The van der Waals surface area contributed by atoms with E-state index in [0.29, 0.717) is 16.9 Å². The number of para-hydroxylation sites is 1. The number of nitrogens with zero attached hydrogens (tertiary/aromatic N) is 1. The van der Waals surface area contributed by atoms with Crippen LogP contribution in [0.3, 0.4) is 0 Å². The predicted molar refractivity (Wildman–Crippen MR) is 124 cm³/mol. The number of ether oxygens (including phenoxy) is 1. The van der Waals surface area contributed by atoms with Crippen LogP contribution in [-0.2, 0) is 14.3 Å². The Balaban J connectivity index is 1.55. The van der Waals surface area contributed by atoms with Gasteiger partial charge in [-0.15, -0.1) is 11.3 Å². The molecule has 2 N–H and O–H groups in total. The van der Waals surface area contributed by atoms with Crippen molar-refractivity contribution in [2.24, 2.45) is 0 Å². The maximum Gasteiger partial charge on any atom is 0.331 e. The highest BCUT2D eigenvalue weighted by Crippen LogP contribution is 2.18. The first-order chi connectivity index (χ1) is 15.4. The molecular weight excluding hydrogens is 426 g/mol. The number of nitrogens with one attached hydrogen (secondary N) is 2. The number of carbonyl (C=O) groups is 3. The van der Waals surface area contributed by atoms with Gasteiger partial charge in [-0.3, -0.25) is 9.59 Å². The minimum atomic E-state index is -0.659. The van der Waals surface area contributed by atoms with E-state index >= 15 is 0 Å². The minimum absolute atomic E-state index is 0.207. The Morgan fingerprint density at radius 2 is 1.81 bits per heavy atom. The molecule has 1 atom stereocenters. The first kappa shape index (κ1) is 22.9. The zero-order chi connectivity index (χ0) is 22.9. The Bertz CT molecular complexity index is 1130. The number of esters is 1. The first-order valence-corrected chi connectivity index (χ1v) is 10.8. The molecule has 0 aliphatic heterocycles.